The van der Waals surface area contributed by atoms with Crippen molar-refractivity contribution >= 4 is 58.1 Å². The molecule has 0 heterocycles. The van der Waals surface area contributed by atoms with E-state index >= 15 is 0 Å². The summed E-state index contributed by atoms with van der Waals surface area (Å²) >= 11 is 0.961. The van der Waals surface area contributed by atoms with E-state index in [-0.39, 0.29) is 83.4 Å². The predicted octanol–water partition coefficient (Wildman–Crippen LogP) is 1.62. The lowest BCUT2D eigenvalue weighted by atomic mass is 10.0. The molecule has 0 aromatic carbocycles. The van der Waals surface area contributed by atoms with Gasteiger partial charge in [-0.15, -0.1) is 0 Å². The smallest absolute Gasteiger partial charge is 0.246 e. The monoisotopic (exact) mass is 963 g/mol. The number of rotatable bonds is 40. The predicted molar refractivity (Wildman–Crippen MR) is 258 cm³/mol. The first-order chi connectivity index (χ1) is 31.4. The third-order valence-corrected chi connectivity index (χ3v) is 10.1. The SMILES string of the molecule is C=C(COCCOCCNC(=O)COCCOC)NCCCC[C@H](C)C(N)=O.CCNC(=O)CCCC(=O)N[C@@H](CCCCNC(=O)CSC(C)=O)C(C)=O.CNCCCC[C@H](C)C(N)=O. The Bertz CT molecular complexity index is 1360. The number of hydrogen-bond acceptors (Lipinski definition) is 15. The van der Waals surface area contributed by atoms with Crippen molar-refractivity contribution in [2.45, 2.75) is 118 Å². The van der Waals surface area contributed by atoms with Crippen LogP contribution in [0.3, 0.4) is 0 Å². The Hall–Kier alpha value is -4.15. The number of methoxy groups -OCH3 is 1. The van der Waals surface area contributed by atoms with Gasteiger partial charge in [0.1, 0.15) is 6.61 Å². The summed E-state index contributed by atoms with van der Waals surface area (Å²) in [5.41, 5.74) is 11.1. The van der Waals surface area contributed by atoms with Gasteiger partial charge < -0.3 is 62.3 Å². The molecule has 21 heteroatoms. The van der Waals surface area contributed by atoms with Gasteiger partial charge in [-0.3, -0.25) is 38.4 Å². The number of hydrogen-bond donors (Lipinski definition) is 8. The second-order valence-electron chi connectivity index (χ2n) is 15.5. The van der Waals surface area contributed by atoms with Gasteiger partial charge in [0.2, 0.25) is 35.4 Å². The largest absolute Gasteiger partial charge is 0.387 e. The van der Waals surface area contributed by atoms with Crippen molar-refractivity contribution in [1.29, 1.82) is 0 Å². The average molecular weight is 963 g/mol. The van der Waals surface area contributed by atoms with Crippen LogP contribution in [0, 0.1) is 11.8 Å². The van der Waals surface area contributed by atoms with E-state index in [1.54, 1.807) is 7.11 Å². The van der Waals surface area contributed by atoms with Crippen molar-refractivity contribution in [2.24, 2.45) is 23.3 Å². The molecule has 0 spiro atoms. The summed E-state index contributed by atoms with van der Waals surface area (Å²) in [7, 11) is 3.51. The van der Waals surface area contributed by atoms with E-state index in [4.69, 9.17) is 30.4 Å². The molecule has 0 fully saturated rings. The van der Waals surface area contributed by atoms with Crippen LogP contribution in [0.1, 0.15) is 112 Å². The Morgan fingerprint density at radius 1 is 0.591 bits per heavy atom. The van der Waals surface area contributed by atoms with Gasteiger partial charge in [-0.05, 0) is 78.8 Å². The highest BCUT2D eigenvalue weighted by molar-refractivity contribution is 8.14. The van der Waals surface area contributed by atoms with Crippen molar-refractivity contribution in [3.63, 3.8) is 0 Å². The van der Waals surface area contributed by atoms with Crippen LogP contribution in [-0.4, -0.2) is 151 Å². The number of nitrogens with two attached hydrogens (primary N) is 2. The van der Waals surface area contributed by atoms with E-state index in [1.165, 1.54) is 13.8 Å². The Kier molecular flexibility index (Phi) is 47.4. The Morgan fingerprint density at radius 2 is 1.12 bits per heavy atom. The van der Waals surface area contributed by atoms with E-state index in [0.717, 1.165) is 69.1 Å². The quantitative estimate of drug-likeness (QED) is 0.0405. The number of thioether (sulfide) groups is 1. The van der Waals surface area contributed by atoms with Crippen LogP contribution in [0.25, 0.3) is 0 Å². The molecule has 6 amide bonds. The number of Topliss-reactive ketones (excluding diaryl/α,β-unsaturated/α-hetero) is 1. The van der Waals surface area contributed by atoms with Gasteiger partial charge in [0.15, 0.2) is 10.9 Å². The fraction of sp³-hybridized carbons (Fsp3) is 0.778. The summed E-state index contributed by atoms with van der Waals surface area (Å²) in [6, 6.07) is -0.550. The first-order valence-electron chi connectivity index (χ1n) is 23.0. The summed E-state index contributed by atoms with van der Waals surface area (Å²) in [6.07, 6.45) is 8.56. The van der Waals surface area contributed by atoms with Crippen LogP contribution < -0.4 is 43.4 Å². The molecule has 0 unspecified atom stereocenters. The number of ether oxygens (including phenoxy) is 4. The van der Waals surface area contributed by atoms with Crippen molar-refractivity contribution in [1.82, 2.24) is 31.9 Å². The average Bonchev–Trinajstić information content (AvgIpc) is 3.26. The van der Waals surface area contributed by atoms with E-state index in [1.807, 2.05) is 27.8 Å². The maximum absolute atomic E-state index is 11.9. The highest BCUT2D eigenvalue weighted by Gasteiger charge is 2.17. The number of nitrogens with one attached hydrogen (secondary N) is 6. The number of ketones is 1. The summed E-state index contributed by atoms with van der Waals surface area (Å²) in [4.78, 5) is 90.1. The first-order valence-corrected chi connectivity index (χ1v) is 24.0. The van der Waals surface area contributed by atoms with E-state index in [2.05, 4.69) is 38.5 Å². The molecule has 3 atom stereocenters. The lowest BCUT2D eigenvalue weighted by Gasteiger charge is -2.16. The fourth-order valence-electron chi connectivity index (χ4n) is 5.22. The molecule has 20 nitrogen and oxygen atoms in total. The minimum Gasteiger partial charge on any atom is -0.387 e. The van der Waals surface area contributed by atoms with E-state index in [0.29, 0.717) is 85.0 Å². The zero-order valence-electron chi connectivity index (χ0n) is 41.1. The van der Waals surface area contributed by atoms with Crippen molar-refractivity contribution < 1.29 is 57.3 Å². The minimum atomic E-state index is -0.550. The van der Waals surface area contributed by atoms with Crippen molar-refractivity contribution in [3.05, 3.63) is 12.3 Å². The number of amides is 6. The Labute approximate surface area is 398 Å². The van der Waals surface area contributed by atoms with Crippen LogP contribution in [0.4, 0.5) is 0 Å². The molecule has 0 radical (unpaired) electrons. The molecule has 384 valence electrons. The highest BCUT2D eigenvalue weighted by Crippen LogP contribution is 2.08. The van der Waals surface area contributed by atoms with E-state index in [9.17, 15) is 38.4 Å². The second-order valence-corrected chi connectivity index (χ2v) is 16.6. The Balaban J connectivity index is -0.000000982. The number of unbranched alkanes of at least 4 members (excludes halogenated alkanes) is 3. The fourth-order valence-corrected chi connectivity index (χ4v) is 5.66. The highest BCUT2D eigenvalue weighted by atomic mass is 32.2. The number of primary amides is 2. The summed E-state index contributed by atoms with van der Waals surface area (Å²) in [6.45, 7) is 18.2. The van der Waals surface area contributed by atoms with Crippen LogP contribution >= 0.6 is 11.8 Å². The molecule has 0 bridgehead atoms. The topological polar surface area (TPSA) is 298 Å². The van der Waals surface area contributed by atoms with Gasteiger partial charge in [0.05, 0.1) is 51.4 Å². The second kappa shape index (κ2) is 47.3. The molecule has 10 N–H and O–H groups in total. The van der Waals surface area contributed by atoms with Gasteiger partial charge in [0.25, 0.3) is 0 Å². The molecule has 0 saturated carbocycles. The Morgan fingerprint density at radius 3 is 1.68 bits per heavy atom. The first kappa shape index (κ1) is 66.1. The normalized spacial score (nSPS) is 11.8. The maximum atomic E-state index is 11.9. The van der Waals surface area contributed by atoms with Gasteiger partial charge in [-0.2, -0.15) is 0 Å². The third-order valence-electron chi connectivity index (χ3n) is 9.26. The zero-order valence-corrected chi connectivity index (χ0v) is 41.9. The standard InChI is InChI=1S/C19H37N3O6.C18H31N3O5S.C8H18N2O/c1-16(19(20)24)6-4-5-7-21-17(2)14-27-13-12-26-9-8-22-18(23)15-28-11-10-25-3;1-4-19-16(24)9-7-10-17(25)21-15(13(2)22)8-5-6-11-20-18(26)12-27-14(3)23;1-7(8(9)11)5-3-4-6-10-2/h16,21H,2,4-15H2,1,3H3,(H2,20,24)(H,22,23);15H,4-12H2,1-3H3,(H,19,24)(H,20,26)(H,21,25);7,10H,3-6H2,1-2H3,(H2,9,11)/t16-;15-;7-/m000/s1. The summed E-state index contributed by atoms with van der Waals surface area (Å²) in [5, 5.41) is 16.9. The number of carbonyl (C=O) groups excluding carboxylic acids is 8. The molecule has 0 aromatic rings. The van der Waals surface area contributed by atoms with Crippen LogP contribution in [0.15, 0.2) is 12.3 Å². The molecule has 0 aliphatic rings. The molecule has 66 heavy (non-hydrogen) atoms. The van der Waals surface area contributed by atoms with Crippen molar-refractivity contribution in [3.8, 4) is 0 Å². The number of carbonyl (C=O) groups is 8. The van der Waals surface area contributed by atoms with Gasteiger partial charge in [0, 0.05) is 70.6 Å². The zero-order chi connectivity index (χ0) is 50.4. The lowest BCUT2D eigenvalue weighted by Crippen LogP contribution is -2.39. The molecular formula is C45H86N8O12S. The van der Waals surface area contributed by atoms with E-state index < -0.39 is 6.04 Å². The van der Waals surface area contributed by atoms with Crippen LogP contribution in [0.2, 0.25) is 0 Å². The van der Waals surface area contributed by atoms with Gasteiger partial charge in [-0.1, -0.05) is 45.0 Å². The lowest BCUT2D eigenvalue weighted by molar-refractivity contribution is -0.127. The van der Waals surface area contributed by atoms with Crippen LogP contribution in [-0.2, 0) is 57.3 Å². The molecule has 0 aliphatic heterocycles. The third kappa shape index (κ3) is 49.3. The summed E-state index contributed by atoms with van der Waals surface area (Å²) in [5.74, 6) is -1.18. The minimum absolute atomic E-state index is 0.0196. The molecular weight excluding hydrogens is 877 g/mol. The molecule has 0 aliphatic carbocycles. The molecule has 0 rings (SSSR count). The van der Waals surface area contributed by atoms with Crippen LogP contribution in [0.5, 0.6) is 0 Å². The van der Waals surface area contributed by atoms with Crippen molar-refractivity contribution in [2.75, 3.05) is 98.9 Å². The summed E-state index contributed by atoms with van der Waals surface area (Å²) < 4.78 is 20.7. The molecule has 0 aromatic heterocycles. The maximum Gasteiger partial charge on any atom is 0.246 e. The van der Waals surface area contributed by atoms with Gasteiger partial charge in [-0.25, -0.2) is 0 Å². The molecule has 0 saturated heterocycles. The van der Waals surface area contributed by atoms with Gasteiger partial charge >= 0.3 is 0 Å².